The number of likely N-dealkylation sites (tertiary alicyclic amines) is 1. The van der Waals surface area contributed by atoms with E-state index in [0.717, 1.165) is 50.9 Å². The maximum Gasteiger partial charge on any atom is 0.318 e. The molecule has 0 bridgehead atoms. The smallest absolute Gasteiger partial charge is 0.318 e. The molecule has 1 aliphatic heterocycles. The van der Waals surface area contributed by atoms with Crippen LogP contribution >= 0.6 is 0 Å². The lowest BCUT2D eigenvalue weighted by Gasteiger charge is -2.37. The second-order valence-electron chi connectivity index (χ2n) is 6.29. The SMILES string of the molecule is CO[C@@H]1CCCC[C@H]1NC(=O)N1CCCC[C@H]1c1ncc[nH]1. The van der Waals surface area contributed by atoms with Gasteiger partial charge in [-0.05, 0) is 32.1 Å². The van der Waals surface area contributed by atoms with Crippen LogP contribution in [0.1, 0.15) is 56.8 Å². The van der Waals surface area contributed by atoms with Crippen LogP contribution in [0.2, 0.25) is 0 Å². The fraction of sp³-hybridized carbons (Fsp3) is 0.750. The first-order chi connectivity index (χ1) is 10.8. The van der Waals surface area contributed by atoms with Crippen molar-refractivity contribution in [2.45, 2.75) is 63.1 Å². The Labute approximate surface area is 131 Å². The molecule has 1 saturated heterocycles. The van der Waals surface area contributed by atoms with Crippen LogP contribution < -0.4 is 5.32 Å². The van der Waals surface area contributed by atoms with Gasteiger partial charge < -0.3 is 19.9 Å². The average Bonchev–Trinajstić information content (AvgIpc) is 3.09. The summed E-state index contributed by atoms with van der Waals surface area (Å²) in [5.74, 6) is 0.891. The average molecular weight is 306 g/mol. The van der Waals surface area contributed by atoms with Gasteiger partial charge in [0.2, 0.25) is 0 Å². The highest BCUT2D eigenvalue weighted by atomic mass is 16.5. The van der Waals surface area contributed by atoms with Crippen molar-refractivity contribution >= 4 is 6.03 Å². The third-order valence-electron chi connectivity index (χ3n) is 4.91. The number of amides is 2. The van der Waals surface area contributed by atoms with Crippen molar-refractivity contribution < 1.29 is 9.53 Å². The van der Waals surface area contributed by atoms with Crippen LogP contribution in [0.5, 0.6) is 0 Å². The Bertz CT molecular complexity index is 477. The van der Waals surface area contributed by atoms with Gasteiger partial charge in [0.05, 0.1) is 18.2 Å². The number of urea groups is 1. The molecule has 0 radical (unpaired) electrons. The summed E-state index contributed by atoms with van der Waals surface area (Å²) in [4.78, 5) is 22.2. The maximum absolute atomic E-state index is 12.8. The second-order valence-corrected chi connectivity index (χ2v) is 6.29. The number of aromatic nitrogens is 2. The van der Waals surface area contributed by atoms with E-state index in [1.54, 1.807) is 13.3 Å². The van der Waals surface area contributed by atoms with Gasteiger partial charge in [0, 0.05) is 26.0 Å². The lowest BCUT2D eigenvalue weighted by Crippen LogP contribution is -2.52. The molecule has 2 fully saturated rings. The van der Waals surface area contributed by atoms with Crippen LogP contribution in [0.15, 0.2) is 12.4 Å². The summed E-state index contributed by atoms with van der Waals surface area (Å²) >= 11 is 0. The minimum absolute atomic E-state index is 0.0232. The fourth-order valence-electron chi connectivity index (χ4n) is 3.70. The van der Waals surface area contributed by atoms with E-state index in [9.17, 15) is 4.79 Å². The molecule has 6 heteroatoms. The predicted molar refractivity (Wildman–Crippen MR) is 83.5 cm³/mol. The van der Waals surface area contributed by atoms with Gasteiger partial charge >= 0.3 is 6.03 Å². The van der Waals surface area contributed by atoms with Crippen molar-refractivity contribution in [3.63, 3.8) is 0 Å². The van der Waals surface area contributed by atoms with Gasteiger partial charge in [-0.2, -0.15) is 0 Å². The summed E-state index contributed by atoms with van der Waals surface area (Å²) in [7, 11) is 1.74. The Morgan fingerprint density at radius 1 is 1.32 bits per heavy atom. The first kappa shape index (κ1) is 15.3. The second kappa shape index (κ2) is 7.13. The molecule has 6 nitrogen and oxygen atoms in total. The molecule has 2 N–H and O–H groups in total. The van der Waals surface area contributed by atoms with E-state index < -0.39 is 0 Å². The summed E-state index contributed by atoms with van der Waals surface area (Å²) in [5.41, 5.74) is 0. The van der Waals surface area contributed by atoms with E-state index in [-0.39, 0.29) is 24.2 Å². The normalized spacial score (nSPS) is 29.3. The summed E-state index contributed by atoms with van der Waals surface area (Å²) in [6.07, 6.45) is 11.3. The summed E-state index contributed by atoms with van der Waals surface area (Å²) < 4.78 is 5.54. The van der Waals surface area contributed by atoms with Crippen LogP contribution in [0.25, 0.3) is 0 Å². The van der Waals surface area contributed by atoms with E-state index >= 15 is 0 Å². The number of hydrogen-bond acceptors (Lipinski definition) is 3. The van der Waals surface area contributed by atoms with E-state index in [4.69, 9.17) is 4.74 Å². The highest BCUT2D eigenvalue weighted by molar-refractivity contribution is 5.75. The fourth-order valence-corrected chi connectivity index (χ4v) is 3.70. The van der Waals surface area contributed by atoms with Gasteiger partial charge in [-0.25, -0.2) is 9.78 Å². The summed E-state index contributed by atoms with van der Waals surface area (Å²) in [6, 6.07) is 0.216. The van der Waals surface area contributed by atoms with E-state index in [1.165, 1.54) is 6.42 Å². The minimum atomic E-state index is 0.0232. The largest absolute Gasteiger partial charge is 0.379 e. The Morgan fingerprint density at radius 3 is 2.91 bits per heavy atom. The third-order valence-corrected chi connectivity index (χ3v) is 4.91. The lowest BCUT2D eigenvalue weighted by atomic mass is 9.92. The van der Waals surface area contributed by atoms with Crippen molar-refractivity contribution in [3.05, 3.63) is 18.2 Å². The molecule has 1 aromatic heterocycles. The lowest BCUT2D eigenvalue weighted by molar-refractivity contribution is 0.0410. The number of nitrogens with zero attached hydrogens (tertiary/aromatic N) is 2. The maximum atomic E-state index is 12.8. The molecule has 122 valence electrons. The highest BCUT2D eigenvalue weighted by Gasteiger charge is 2.33. The quantitative estimate of drug-likeness (QED) is 0.902. The van der Waals surface area contributed by atoms with Crippen LogP contribution in [0, 0.1) is 0 Å². The number of rotatable bonds is 3. The molecule has 1 aliphatic carbocycles. The summed E-state index contributed by atoms with van der Waals surface area (Å²) in [5, 5.41) is 3.20. The third kappa shape index (κ3) is 3.27. The number of hydrogen-bond donors (Lipinski definition) is 2. The van der Waals surface area contributed by atoms with Gasteiger partial charge in [-0.3, -0.25) is 0 Å². The summed E-state index contributed by atoms with van der Waals surface area (Å²) in [6.45, 7) is 0.793. The molecule has 0 aromatic carbocycles. The number of nitrogens with one attached hydrogen (secondary N) is 2. The van der Waals surface area contributed by atoms with Crippen LogP contribution in [0.4, 0.5) is 4.79 Å². The first-order valence-electron chi connectivity index (χ1n) is 8.39. The van der Waals surface area contributed by atoms with Gasteiger partial charge in [0.1, 0.15) is 5.82 Å². The first-order valence-corrected chi connectivity index (χ1v) is 8.39. The number of carbonyl (C=O) groups excluding carboxylic acids is 1. The standard InChI is InChI=1S/C16H26N4O2/c1-22-14-8-3-2-6-12(14)19-16(21)20-11-5-4-7-13(20)15-17-9-10-18-15/h9-10,12-14H,2-8,11H2,1H3,(H,17,18)(H,19,21)/t12-,13+,14-/m1/s1. The highest BCUT2D eigenvalue weighted by Crippen LogP contribution is 2.29. The number of aromatic amines is 1. The molecular formula is C16H26N4O2. The zero-order valence-corrected chi connectivity index (χ0v) is 13.3. The van der Waals surface area contributed by atoms with Crippen molar-refractivity contribution in [1.82, 2.24) is 20.2 Å². The molecule has 3 atom stereocenters. The molecule has 1 aromatic rings. The Balaban J connectivity index is 1.66. The van der Waals surface area contributed by atoms with E-state index in [2.05, 4.69) is 15.3 Å². The van der Waals surface area contributed by atoms with Gasteiger partial charge in [0.15, 0.2) is 0 Å². The Hall–Kier alpha value is -1.56. The van der Waals surface area contributed by atoms with Crippen molar-refractivity contribution in [3.8, 4) is 0 Å². The molecular weight excluding hydrogens is 280 g/mol. The number of ether oxygens (including phenoxy) is 1. The van der Waals surface area contributed by atoms with Gasteiger partial charge in [-0.1, -0.05) is 12.8 Å². The molecule has 0 spiro atoms. The Kier molecular flexibility index (Phi) is 4.97. The molecule has 22 heavy (non-hydrogen) atoms. The number of carbonyl (C=O) groups is 1. The monoisotopic (exact) mass is 306 g/mol. The van der Waals surface area contributed by atoms with Crippen LogP contribution in [0.3, 0.4) is 0 Å². The minimum Gasteiger partial charge on any atom is -0.379 e. The van der Waals surface area contributed by atoms with Crippen molar-refractivity contribution in [2.75, 3.05) is 13.7 Å². The zero-order chi connectivity index (χ0) is 15.4. The Morgan fingerprint density at radius 2 is 2.14 bits per heavy atom. The van der Waals surface area contributed by atoms with Crippen molar-refractivity contribution in [1.29, 1.82) is 0 Å². The predicted octanol–water partition coefficient (Wildman–Crippen LogP) is 2.60. The zero-order valence-electron chi connectivity index (χ0n) is 13.3. The van der Waals surface area contributed by atoms with Crippen LogP contribution in [-0.4, -0.2) is 46.7 Å². The number of methoxy groups -OCH3 is 1. The molecule has 2 amide bonds. The topological polar surface area (TPSA) is 70.2 Å². The molecule has 3 rings (SSSR count). The number of imidazole rings is 1. The molecule has 2 heterocycles. The van der Waals surface area contributed by atoms with E-state index in [0.29, 0.717) is 0 Å². The molecule has 0 unspecified atom stereocenters. The molecule has 1 saturated carbocycles. The number of H-pyrrole nitrogens is 1. The molecule has 2 aliphatic rings. The van der Waals surface area contributed by atoms with Gasteiger partial charge in [-0.15, -0.1) is 0 Å². The van der Waals surface area contributed by atoms with Crippen molar-refractivity contribution in [2.24, 2.45) is 0 Å². The van der Waals surface area contributed by atoms with Gasteiger partial charge in [0.25, 0.3) is 0 Å². The van der Waals surface area contributed by atoms with E-state index in [1.807, 2.05) is 11.1 Å². The van der Waals surface area contributed by atoms with Crippen LogP contribution in [-0.2, 0) is 4.74 Å². The number of piperidine rings is 1.